The number of hydrogen-bond donors (Lipinski definition) is 2. The van der Waals surface area contributed by atoms with Crippen LogP contribution in [-0.2, 0) is 6.42 Å². The summed E-state index contributed by atoms with van der Waals surface area (Å²) in [6.07, 6.45) is 2.32. The molecule has 0 saturated carbocycles. The van der Waals surface area contributed by atoms with Crippen LogP contribution in [0.25, 0.3) is 0 Å². The number of aryl methyl sites for hydroxylation is 1. The zero-order valence-electron chi connectivity index (χ0n) is 9.51. The lowest BCUT2D eigenvalue weighted by Crippen LogP contribution is -2.17. The second-order valence-corrected chi connectivity index (χ2v) is 4.41. The minimum absolute atomic E-state index is 0.0338. The van der Waals surface area contributed by atoms with E-state index < -0.39 is 10.9 Å². The summed E-state index contributed by atoms with van der Waals surface area (Å²) in [4.78, 5) is 35.8. The molecule has 0 spiro atoms. The zero-order chi connectivity index (χ0) is 13.3. The van der Waals surface area contributed by atoms with E-state index in [4.69, 9.17) is 5.11 Å². The highest BCUT2D eigenvalue weighted by Gasteiger charge is 2.30. The van der Waals surface area contributed by atoms with Gasteiger partial charge in [0.25, 0.3) is 0 Å². The van der Waals surface area contributed by atoms with Crippen LogP contribution in [0, 0.1) is 16.0 Å². The molecular formula is C11H12N2O5. The summed E-state index contributed by atoms with van der Waals surface area (Å²) in [5.74, 6) is -1.81. The Balaban J connectivity index is 2.27. The fraction of sp³-hybridized carbons (Fsp3) is 0.455. The second kappa shape index (κ2) is 4.59. The summed E-state index contributed by atoms with van der Waals surface area (Å²) in [6, 6.07) is 0. The van der Waals surface area contributed by atoms with E-state index in [9.17, 15) is 19.7 Å². The number of carboxylic acids is 1. The van der Waals surface area contributed by atoms with E-state index in [1.54, 1.807) is 0 Å². The van der Waals surface area contributed by atoms with Crippen molar-refractivity contribution >= 4 is 11.8 Å². The van der Waals surface area contributed by atoms with E-state index in [1.807, 2.05) is 0 Å². The predicted octanol–water partition coefficient (Wildman–Crippen LogP) is 1.12. The molecule has 0 bridgehead atoms. The summed E-state index contributed by atoms with van der Waals surface area (Å²) in [7, 11) is 0. The van der Waals surface area contributed by atoms with Crippen LogP contribution < -0.4 is 0 Å². The van der Waals surface area contributed by atoms with Crippen LogP contribution in [0.4, 0.5) is 0 Å². The highest BCUT2D eigenvalue weighted by Crippen LogP contribution is 2.26. The summed E-state index contributed by atoms with van der Waals surface area (Å²) >= 11 is 0. The number of aromatic carboxylic acids is 1. The summed E-state index contributed by atoms with van der Waals surface area (Å²) in [6.45, 7) is -0.252. The third-order valence-electron chi connectivity index (χ3n) is 3.16. The molecule has 18 heavy (non-hydrogen) atoms. The molecule has 96 valence electrons. The van der Waals surface area contributed by atoms with Gasteiger partial charge >= 0.3 is 5.97 Å². The van der Waals surface area contributed by atoms with E-state index >= 15 is 0 Å². The van der Waals surface area contributed by atoms with Crippen LogP contribution in [0.15, 0.2) is 6.20 Å². The lowest BCUT2D eigenvalue weighted by atomic mass is 9.98. The van der Waals surface area contributed by atoms with Crippen LogP contribution in [-0.4, -0.2) is 33.3 Å². The first-order chi connectivity index (χ1) is 8.49. The van der Waals surface area contributed by atoms with Crippen LogP contribution in [0.3, 0.4) is 0 Å². The predicted molar refractivity (Wildman–Crippen MR) is 60.4 cm³/mol. The molecule has 1 atom stereocenters. The molecule has 0 aliphatic heterocycles. The molecular weight excluding hydrogens is 240 g/mol. The maximum atomic E-state index is 12.0. The van der Waals surface area contributed by atoms with Crippen molar-refractivity contribution in [2.45, 2.75) is 19.3 Å². The molecule has 0 aromatic carbocycles. The van der Waals surface area contributed by atoms with Gasteiger partial charge in [-0.1, -0.05) is 0 Å². The van der Waals surface area contributed by atoms with Crippen LogP contribution in [0.1, 0.15) is 39.3 Å². The van der Waals surface area contributed by atoms with Crippen molar-refractivity contribution in [1.29, 1.82) is 0 Å². The molecule has 1 aliphatic rings. The lowest BCUT2D eigenvalue weighted by molar-refractivity contribution is -0.488. The molecule has 2 rings (SSSR count). The summed E-state index contributed by atoms with van der Waals surface area (Å²) in [5, 5.41) is 19.4. The average Bonchev–Trinajstić information content (AvgIpc) is 2.62. The van der Waals surface area contributed by atoms with E-state index in [-0.39, 0.29) is 35.8 Å². The fourth-order valence-electron chi connectivity index (χ4n) is 2.33. The second-order valence-electron chi connectivity index (χ2n) is 4.41. The van der Waals surface area contributed by atoms with Gasteiger partial charge in [0, 0.05) is 29.2 Å². The molecule has 7 heteroatoms. The first kappa shape index (κ1) is 12.3. The number of nitro groups is 1. The molecule has 1 aromatic heterocycles. The third-order valence-corrected chi connectivity index (χ3v) is 3.16. The number of rotatable bonds is 3. The monoisotopic (exact) mass is 252 g/mol. The van der Waals surface area contributed by atoms with Crippen LogP contribution >= 0.6 is 0 Å². The number of Topliss-reactive ketones (excluding diaryl/α,β-unsaturated/α-hetero) is 1. The molecule has 7 nitrogen and oxygen atoms in total. The Hall–Kier alpha value is -2.18. The molecule has 1 aliphatic carbocycles. The molecule has 2 N–H and O–H groups in total. The van der Waals surface area contributed by atoms with Gasteiger partial charge in [-0.2, -0.15) is 0 Å². The number of carbonyl (C=O) groups is 2. The highest BCUT2D eigenvalue weighted by molar-refractivity contribution is 6.07. The first-order valence-corrected chi connectivity index (χ1v) is 5.57. The van der Waals surface area contributed by atoms with Gasteiger partial charge in [0.05, 0.1) is 11.1 Å². The summed E-state index contributed by atoms with van der Waals surface area (Å²) < 4.78 is 0. The number of hydrogen-bond acceptors (Lipinski definition) is 4. The van der Waals surface area contributed by atoms with Gasteiger partial charge in [-0.15, -0.1) is 0 Å². The Kier molecular flexibility index (Phi) is 3.14. The van der Waals surface area contributed by atoms with Crippen LogP contribution in [0.5, 0.6) is 0 Å². The number of nitrogens with one attached hydrogen (secondary N) is 1. The van der Waals surface area contributed by atoms with E-state index in [0.717, 1.165) is 0 Å². The number of carbonyl (C=O) groups excluding carboxylic acids is 1. The zero-order valence-corrected chi connectivity index (χ0v) is 9.51. The van der Waals surface area contributed by atoms with Gasteiger partial charge in [-0.3, -0.25) is 14.9 Å². The lowest BCUT2D eigenvalue weighted by Gasteiger charge is -2.06. The van der Waals surface area contributed by atoms with Crippen molar-refractivity contribution in [3.8, 4) is 0 Å². The maximum Gasteiger partial charge on any atom is 0.337 e. The van der Waals surface area contributed by atoms with E-state index in [0.29, 0.717) is 18.5 Å². The summed E-state index contributed by atoms with van der Waals surface area (Å²) in [5.41, 5.74) is 0.716. The number of carboxylic acid groups (broad SMARTS) is 1. The minimum Gasteiger partial charge on any atom is -0.478 e. The third kappa shape index (κ3) is 2.24. The Morgan fingerprint density at radius 3 is 2.94 bits per heavy atom. The Labute approximate surface area is 102 Å². The number of H-pyrrole nitrogens is 1. The van der Waals surface area contributed by atoms with Crippen molar-refractivity contribution in [1.82, 2.24) is 4.98 Å². The van der Waals surface area contributed by atoms with Crippen LogP contribution in [0.2, 0.25) is 0 Å². The molecule has 1 heterocycles. The SMILES string of the molecule is O=C(O)c1c[nH]c2c1C(=O)CC(C[N+](=O)[O-])CC2. The maximum absolute atomic E-state index is 12.0. The molecule has 0 radical (unpaired) electrons. The topological polar surface area (TPSA) is 113 Å². The number of ketones is 1. The molecule has 0 fully saturated rings. The van der Waals surface area contributed by atoms with Gasteiger partial charge in [0.1, 0.15) is 0 Å². The number of fused-ring (bicyclic) bond motifs is 1. The Bertz CT molecular complexity index is 520. The fourth-order valence-corrected chi connectivity index (χ4v) is 2.33. The van der Waals surface area contributed by atoms with Crippen molar-refractivity contribution < 1.29 is 19.6 Å². The Morgan fingerprint density at radius 2 is 2.33 bits per heavy atom. The van der Waals surface area contributed by atoms with Crippen molar-refractivity contribution in [2.75, 3.05) is 6.54 Å². The Morgan fingerprint density at radius 1 is 1.61 bits per heavy atom. The van der Waals surface area contributed by atoms with Gasteiger partial charge in [0.15, 0.2) is 5.78 Å². The normalized spacial score (nSPS) is 19.1. The average molecular weight is 252 g/mol. The quantitative estimate of drug-likeness (QED) is 0.475. The molecule has 1 aromatic rings. The van der Waals surface area contributed by atoms with Crippen molar-refractivity contribution in [3.05, 3.63) is 33.1 Å². The van der Waals surface area contributed by atoms with Gasteiger partial charge in [0.2, 0.25) is 6.54 Å². The van der Waals surface area contributed by atoms with Gasteiger partial charge in [-0.25, -0.2) is 4.79 Å². The first-order valence-electron chi connectivity index (χ1n) is 5.57. The van der Waals surface area contributed by atoms with Crippen molar-refractivity contribution in [3.63, 3.8) is 0 Å². The molecule has 1 unspecified atom stereocenters. The number of nitrogens with zero attached hydrogens (tertiary/aromatic N) is 1. The minimum atomic E-state index is -1.16. The van der Waals surface area contributed by atoms with Gasteiger partial charge < -0.3 is 10.1 Å². The smallest absolute Gasteiger partial charge is 0.337 e. The van der Waals surface area contributed by atoms with Gasteiger partial charge in [-0.05, 0) is 12.8 Å². The largest absolute Gasteiger partial charge is 0.478 e. The standard InChI is InChI=1S/C11H12N2O5/c14-9-3-6(5-13(17)18)1-2-8-10(9)7(4-12-8)11(15)16/h4,6,12H,1-3,5H2,(H,15,16). The highest BCUT2D eigenvalue weighted by atomic mass is 16.6. The number of aromatic nitrogens is 1. The molecule has 0 saturated heterocycles. The molecule has 0 amide bonds. The van der Waals surface area contributed by atoms with E-state index in [2.05, 4.69) is 4.98 Å². The van der Waals surface area contributed by atoms with E-state index in [1.165, 1.54) is 6.20 Å². The van der Waals surface area contributed by atoms with Crippen molar-refractivity contribution in [2.24, 2.45) is 5.92 Å². The number of aromatic amines is 1.